The number of carbonyl (C=O) groups excluding carboxylic acids is 2. The smallest absolute Gasteiger partial charge is 0.410 e. The van der Waals surface area contributed by atoms with Crippen LogP contribution in [0.15, 0.2) is 12.4 Å². The third-order valence-electron chi connectivity index (χ3n) is 3.78. The zero-order valence-corrected chi connectivity index (χ0v) is 14.3. The minimum Gasteiger partial charge on any atom is -0.444 e. The fraction of sp³-hybridized carbons (Fsp3) is 0.688. The topological polar surface area (TPSA) is 76.5 Å². The van der Waals surface area contributed by atoms with E-state index in [2.05, 4.69) is 10.4 Å². The second kappa shape index (κ2) is 7.02. The number of hydrogen-bond acceptors (Lipinski definition) is 4. The summed E-state index contributed by atoms with van der Waals surface area (Å²) in [6, 6.07) is 0. The lowest BCUT2D eigenvalue weighted by Gasteiger charge is -2.33. The lowest BCUT2D eigenvalue weighted by Crippen LogP contribution is -2.43. The van der Waals surface area contributed by atoms with E-state index in [9.17, 15) is 9.59 Å². The van der Waals surface area contributed by atoms with Gasteiger partial charge in [-0.3, -0.25) is 9.48 Å². The maximum Gasteiger partial charge on any atom is 0.410 e. The van der Waals surface area contributed by atoms with Gasteiger partial charge in [0.2, 0.25) is 0 Å². The number of rotatable bonds is 3. The molecule has 1 saturated heterocycles. The fourth-order valence-corrected chi connectivity index (χ4v) is 2.52. The van der Waals surface area contributed by atoms with Gasteiger partial charge in [0, 0.05) is 32.9 Å². The molecule has 2 amide bonds. The molecule has 1 aromatic heterocycles. The molecular formula is C16H26N4O3. The van der Waals surface area contributed by atoms with Gasteiger partial charge in [0.15, 0.2) is 0 Å². The summed E-state index contributed by atoms with van der Waals surface area (Å²) in [4.78, 5) is 25.7. The highest BCUT2D eigenvalue weighted by Gasteiger charge is 2.27. The summed E-state index contributed by atoms with van der Waals surface area (Å²) in [6.45, 7) is 7.56. The van der Waals surface area contributed by atoms with Gasteiger partial charge in [-0.1, -0.05) is 0 Å². The Labute approximate surface area is 137 Å². The van der Waals surface area contributed by atoms with Gasteiger partial charge in [0.1, 0.15) is 5.60 Å². The molecule has 2 heterocycles. The second-order valence-corrected chi connectivity index (χ2v) is 7.02. The van der Waals surface area contributed by atoms with Crippen LogP contribution in [0.3, 0.4) is 0 Å². The van der Waals surface area contributed by atoms with Crippen LogP contribution in [0.25, 0.3) is 0 Å². The van der Waals surface area contributed by atoms with E-state index < -0.39 is 5.60 Å². The van der Waals surface area contributed by atoms with Crippen molar-refractivity contribution in [2.24, 2.45) is 13.0 Å². The zero-order chi connectivity index (χ0) is 17.0. The van der Waals surface area contributed by atoms with Crippen LogP contribution >= 0.6 is 0 Å². The van der Waals surface area contributed by atoms with Crippen molar-refractivity contribution in [1.29, 1.82) is 0 Å². The van der Waals surface area contributed by atoms with E-state index in [0.29, 0.717) is 31.1 Å². The van der Waals surface area contributed by atoms with Crippen molar-refractivity contribution in [3.63, 3.8) is 0 Å². The molecule has 0 atom stereocenters. The van der Waals surface area contributed by atoms with Crippen molar-refractivity contribution in [2.45, 2.75) is 39.2 Å². The Kier molecular flexibility index (Phi) is 5.28. The summed E-state index contributed by atoms with van der Waals surface area (Å²) in [7, 11) is 1.78. The van der Waals surface area contributed by atoms with Crippen LogP contribution in [-0.2, 0) is 11.8 Å². The molecule has 0 spiro atoms. The Morgan fingerprint density at radius 1 is 1.35 bits per heavy atom. The highest BCUT2D eigenvalue weighted by atomic mass is 16.6. The van der Waals surface area contributed by atoms with Gasteiger partial charge in [-0.15, -0.1) is 0 Å². The molecule has 1 aliphatic heterocycles. The van der Waals surface area contributed by atoms with Gasteiger partial charge in [-0.25, -0.2) is 4.79 Å². The summed E-state index contributed by atoms with van der Waals surface area (Å²) >= 11 is 0. The number of piperidine rings is 1. The average Bonchev–Trinajstić information content (AvgIpc) is 2.90. The second-order valence-electron chi connectivity index (χ2n) is 7.02. The molecule has 23 heavy (non-hydrogen) atoms. The van der Waals surface area contributed by atoms with E-state index in [1.54, 1.807) is 29.0 Å². The molecule has 128 valence electrons. The zero-order valence-electron chi connectivity index (χ0n) is 14.3. The quantitative estimate of drug-likeness (QED) is 0.920. The molecule has 2 rings (SSSR count). The minimum absolute atomic E-state index is 0.104. The van der Waals surface area contributed by atoms with Crippen molar-refractivity contribution >= 4 is 12.0 Å². The normalized spacial score (nSPS) is 16.3. The van der Waals surface area contributed by atoms with Gasteiger partial charge >= 0.3 is 6.09 Å². The lowest BCUT2D eigenvalue weighted by molar-refractivity contribution is 0.0183. The minimum atomic E-state index is -0.467. The first kappa shape index (κ1) is 17.3. The van der Waals surface area contributed by atoms with Crippen LogP contribution in [0.4, 0.5) is 4.79 Å². The van der Waals surface area contributed by atoms with Gasteiger partial charge in [0.05, 0.1) is 11.8 Å². The average molecular weight is 322 g/mol. The predicted octanol–water partition coefficient (Wildman–Crippen LogP) is 1.80. The summed E-state index contributed by atoms with van der Waals surface area (Å²) in [5, 5.41) is 6.93. The third kappa shape index (κ3) is 5.26. The maximum absolute atomic E-state index is 12.0. The molecule has 0 aliphatic carbocycles. The van der Waals surface area contributed by atoms with Crippen LogP contribution in [0.1, 0.15) is 44.0 Å². The molecule has 7 heteroatoms. The van der Waals surface area contributed by atoms with E-state index in [1.807, 2.05) is 20.8 Å². The molecule has 1 fully saturated rings. The van der Waals surface area contributed by atoms with Crippen LogP contribution in [0, 0.1) is 5.92 Å². The Morgan fingerprint density at radius 2 is 2.00 bits per heavy atom. The number of amides is 2. The molecule has 0 saturated carbocycles. The lowest BCUT2D eigenvalue weighted by atomic mass is 9.97. The SMILES string of the molecule is Cn1cc(C(=O)NCC2CCN(C(=O)OC(C)(C)C)CC2)cn1. The summed E-state index contributed by atoms with van der Waals surface area (Å²) in [6.07, 6.45) is 4.73. The summed E-state index contributed by atoms with van der Waals surface area (Å²) in [5.41, 5.74) is 0.102. The standard InChI is InChI=1S/C16H26N4O3/c1-16(2,3)23-15(22)20-7-5-12(6-8-20)9-17-14(21)13-10-18-19(4)11-13/h10-12H,5-9H2,1-4H3,(H,17,21). The molecule has 0 bridgehead atoms. The number of carbonyl (C=O) groups is 2. The third-order valence-corrected chi connectivity index (χ3v) is 3.78. The first-order valence-electron chi connectivity index (χ1n) is 7.99. The van der Waals surface area contributed by atoms with Gasteiger partial charge < -0.3 is 15.0 Å². The Hall–Kier alpha value is -2.05. The number of ether oxygens (including phenoxy) is 1. The molecule has 1 aliphatic rings. The number of likely N-dealkylation sites (tertiary alicyclic amines) is 1. The van der Waals surface area contributed by atoms with E-state index in [4.69, 9.17) is 4.74 Å². The van der Waals surface area contributed by atoms with Gasteiger partial charge in [0.25, 0.3) is 5.91 Å². The first-order valence-corrected chi connectivity index (χ1v) is 7.99. The Balaban J connectivity index is 1.72. The number of nitrogens with zero attached hydrogens (tertiary/aromatic N) is 3. The summed E-state index contributed by atoms with van der Waals surface area (Å²) in [5.74, 6) is 0.280. The molecule has 1 aromatic rings. The number of hydrogen-bond donors (Lipinski definition) is 1. The van der Waals surface area contributed by atoms with Crippen LogP contribution < -0.4 is 5.32 Å². The van der Waals surface area contributed by atoms with Crippen LogP contribution in [0.2, 0.25) is 0 Å². The van der Waals surface area contributed by atoms with E-state index in [0.717, 1.165) is 12.8 Å². The van der Waals surface area contributed by atoms with Gasteiger partial charge in [-0.05, 0) is 39.5 Å². The van der Waals surface area contributed by atoms with Crippen molar-refractivity contribution in [3.05, 3.63) is 18.0 Å². The number of nitrogens with one attached hydrogen (secondary N) is 1. The first-order chi connectivity index (χ1) is 10.7. The van der Waals surface area contributed by atoms with E-state index >= 15 is 0 Å². The predicted molar refractivity (Wildman–Crippen MR) is 86.1 cm³/mol. The largest absolute Gasteiger partial charge is 0.444 e. The molecule has 0 radical (unpaired) electrons. The molecule has 0 unspecified atom stereocenters. The Morgan fingerprint density at radius 3 is 2.52 bits per heavy atom. The van der Waals surface area contributed by atoms with Crippen LogP contribution in [-0.4, -0.2) is 51.9 Å². The molecule has 7 nitrogen and oxygen atoms in total. The maximum atomic E-state index is 12.0. The van der Waals surface area contributed by atoms with Crippen molar-refractivity contribution < 1.29 is 14.3 Å². The van der Waals surface area contributed by atoms with Gasteiger partial charge in [-0.2, -0.15) is 5.10 Å². The monoisotopic (exact) mass is 322 g/mol. The number of aromatic nitrogens is 2. The highest BCUT2D eigenvalue weighted by molar-refractivity contribution is 5.93. The van der Waals surface area contributed by atoms with Crippen molar-refractivity contribution in [2.75, 3.05) is 19.6 Å². The summed E-state index contributed by atoms with van der Waals surface area (Å²) < 4.78 is 6.98. The van der Waals surface area contributed by atoms with E-state index in [1.165, 1.54) is 0 Å². The molecule has 0 aromatic carbocycles. The number of aryl methyl sites for hydroxylation is 1. The van der Waals surface area contributed by atoms with E-state index in [-0.39, 0.29) is 12.0 Å². The van der Waals surface area contributed by atoms with Crippen molar-refractivity contribution in [1.82, 2.24) is 20.0 Å². The highest BCUT2D eigenvalue weighted by Crippen LogP contribution is 2.19. The van der Waals surface area contributed by atoms with Crippen molar-refractivity contribution in [3.8, 4) is 0 Å². The fourth-order valence-electron chi connectivity index (χ4n) is 2.52. The van der Waals surface area contributed by atoms with Crippen LogP contribution in [0.5, 0.6) is 0 Å². The molecular weight excluding hydrogens is 296 g/mol. The molecule has 1 N–H and O–H groups in total. The Bertz CT molecular complexity index is 554.